The molecule has 5 heteroatoms. The number of benzene rings is 1. The molecule has 0 aliphatic rings. The molecule has 1 amide bonds. The highest BCUT2D eigenvalue weighted by Gasteiger charge is 2.24. The predicted molar refractivity (Wildman–Crippen MR) is 68.9 cm³/mol. The first kappa shape index (κ1) is 13.7. The lowest BCUT2D eigenvalue weighted by Crippen LogP contribution is -2.28. The summed E-state index contributed by atoms with van der Waals surface area (Å²) in [4.78, 5) is 22.5. The van der Waals surface area contributed by atoms with Crippen LogP contribution < -0.4 is 5.32 Å². The zero-order valence-corrected chi connectivity index (χ0v) is 11.2. The van der Waals surface area contributed by atoms with Crippen LogP contribution in [0.4, 0.5) is 5.69 Å². The number of carbonyl (C=O) groups is 2. The Bertz CT molecular complexity index is 445. The van der Waals surface area contributed by atoms with Crippen molar-refractivity contribution in [3.63, 3.8) is 0 Å². The molecule has 0 heterocycles. The molecular weight excluding hydrogens is 286 g/mol. The number of hydrogen-bond donors (Lipinski definition) is 2. The summed E-state index contributed by atoms with van der Waals surface area (Å²) in [5.74, 6) is -2.60. The molecule has 0 aliphatic carbocycles. The van der Waals surface area contributed by atoms with Gasteiger partial charge in [0.2, 0.25) is 5.91 Å². The summed E-state index contributed by atoms with van der Waals surface area (Å²) < 4.78 is 0.874. The van der Waals surface area contributed by atoms with Gasteiger partial charge in [0.1, 0.15) is 5.92 Å². The molecule has 17 heavy (non-hydrogen) atoms. The largest absolute Gasteiger partial charge is 0.481 e. The molecule has 0 aromatic heterocycles. The number of nitrogens with one attached hydrogen (secondary N) is 1. The van der Waals surface area contributed by atoms with Gasteiger partial charge in [-0.2, -0.15) is 0 Å². The maximum atomic E-state index is 11.7. The molecule has 92 valence electrons. The molecule has 1 aromatic rings. The molecule has 0 spiro atoms. The molecule has 1 unspecified atom stereocenters. The summed E-state index contributed by atoms with van der Waals surface area (Å²) in [6.07, 6.45) is 0.272. The minimum atomic E-state index is -1.10. The van der Waals surface area contributed by atoms with E-state index in [1.807, 2.05) is 13.0 Å². The molecule has 4 nitrogen and oxygen atoms in total. The third kappa shape index (κ3) is 3.56. The first-order valence-electron chi connectivity index (χ1n) is 5.25. The van der Waals surface area contributed by atoms with Crippen molar-refractivity contribution < 1.29 is 14.7 Å². The van der Waals surface area contributed by atoms with Crippen molar-refractivity contribution in [3.8, 4) is 0 Å². The normalized spacial score (nSPS) is 11.9. The number of amides is 1. The molecule has 2 N–H and O–H groups in total. The van der Waals surface area contributed by atoms with Gasteiger partial charge in [0.15, 0.2) is 0 Å². The second-order valence-corrected chi connectivity index (χ2v) is 4.61. The van der Waals surface area contributed by atoms with Gasteiger partial charge in [-0.05, 0) is 31.0 Å². The number of carboxylic acids is 1. The smallest absolute Gasteiger partial charge is 0.316 e. The highest BCUT2D eigenvalue weighted by molar-refractivity contribution is 9.10. The van der Waals surface area contributed by atoms with E-state index in [1.165, 1.54) is 0 Å². The molecule has 0 radical (unpaired) electrons. The van der Waals surface area contributed by atoms with E-state index >= 15 is 0 Å². The van der Waals surface area contributed by atoms with Crippen LogP contribution in [0, 0.1) is 12.8 Å². The summed E-state index contributed by atoms with van der Waals surface area (Å²) >= 11 is 3.35. The summed E-state index contributed by atoms with van der Waals surface area (Å²) in [6, 6.07) is 5.34. The van der Waals surface area contributed by atoms with E-state index < -0.39 is 17.8 Å². The summed E-state index contributed by atoms with van der Waals surface area (Å²) in [5.41, 5.74) is 1.64. The van der Waals surface area contributed by atoms with E-state index in [1.54, 1.807) is 19.1 Å². The molecule has 0 aliphatic heterocycles. The number of anilines is 1. The van der Waals surface area contributed by atoms with Crippen molar-refractivity contribution in [3.05, 3.63) is 28.2 Å². The topological polar surface area (TPSA) is 66.4 Å². The zero-order valence-electron chi connectivity index (χ0n) is 9.66. The first-order chi connectivity index (χ1) is 7.95. The van der Waals surface area contributed by atoms with Gasteiger partial charge in [0.05, 0.1) is 0 Å². The van der Waals surface area contributed by atoms with Crippen LogP contribution in [0.15, 0.2) is 22.7 Å². The lowest BCUT2D eigenvalue weighted by Gasteiger charge is -2.11. The molecular formula is C12H14BrNO3. The van der Waals surface area contributed by atoms with E-state index in [4.69, 9.17) is 5.11 Å². The van der Waals surface area contributed by atoms with E-state index in [2.05, 4.69) is 21.2 Å². The molecule has 1 atom stereocenters. The standard InChI is InChI=1S/C12H14BrNO3/c1-3-9(12(16)17)11(15)14-8-5-4-7(2)10(13)6-8/h4-6,9H,3H2,1-2H3,(H,14,15)(H,16,17). The Balaban J connectivity index is 2.80. The van der Waals surface area contributed by atoms with Gasteiger partial charge in [-0.15, -0.1) is 0 Å². The lowest BCUT2D eigenvalue weighted by atomic mass is 10.1. The second-order valence-electron chi connectivity index (χ2n) is 3.75. The van der Waals surface area contributed by atoms with Crippen LogP contribution in [-0.4, -0.2) is 17.0 Å². The van der Waals surface area contributed by atoms with E-state index in [9.17, 15) is 9.59 Å². The third-order valence-electron chi connectivity index (χ3n) is 2.46. The molecule has 0 saturated carbocycles. The number of carboxylic acid groups (broad SMARTS) is 1. The van der Waals surface area contributed by atoms with Crippen LogP contribution in [-0.2, 0) is 9.59 Å². The van der Waals surface area contributed by atoms with Crippen molar-refractivity contribution in [1.82, 2.24) is 0 Å². The monoisotopic (exact) mass is 299 g/mol. The Morgan fingerprint density at radius 3 is 2.59 bits per heavy atom. The fourth-order valence-electron chi connectivity index (χ4n) is 1.37. The Labute approximate surface area is 108 Å². The SMILES string of the molecule is CCC(C(=O)O)C(=O)Nc1ccc(C)c(Br)c1. The average molecular weight is 300 g/mol. The highest BCUT2D eigenvalue weighted by Crippen LogP contribution is 2.21. The molecule has 0 saturated heterocycles. The van der Waals surface area contributed by atoms with Crippen LogP contribution >= 0.6 is 15.9 Å². The molecule has 1 aromatic carbocycles. The fourth-order valence-corrected chi connectivity index (χ4v) is 1.75. The van der Waals surface area contributed by atoms with Crippen LogP contribution in [0.5, 0.6) is 0 Å². The lowest BCUT2D eigenvalue weighted by molar-refractivity contribution is -0.145. The van der Waals surface area contributed by atoms with E-state index in [0.29, 0.717) is 5.69 Å². The van der Waals surface area contributed by atoms with Gasteiger partial charge < -0.3 is 10.4 Å². The van der Waals surface area contributed by atoms with Crippen LogP contribution in [0.2, 0.25) is 0 Å². The number of rotatable bonds is 4. The van der Waals surface area contributed by atoms with Crippen molar-refractivity contribution in [1.29, 1.82) is 0 Å². The van der Waals surface area contributed by atoms with Gasteiger partial charge in [-0.1, -0.05) is 28.9 Å². The first-order valence-corrected chi connectivity index (χ1v) is 6.04. The number of aliphatic carboxylic acids is 1. The molecule has 1 rings (SSSR count). The highest BCUT2D eigenvalue weighted by atomic mass is 79.9. The average Bonchev–Trinajstić information content (AvgIpc) is 2.24. The quantitative estimate of drug-likeness (QED) is 0.840. The van der Waals surface area contributed by atoms with Crippen molar-refractivity contribution in [2.75, 3.05) is 5.32 Å². The van der Waals surface area contributed by atoms with Crippen molar-refractivity contribution in [2.45, 2.75) is 20.3 Å². The van der Waals surface area contributed by atoms with E-state index in [0.717, 1.165) is 10.0 Å². The molecule has 0 fully saturated rings. The maximum absolute atomic E-state index is 11.7. The Morgan fingerprint density at radius 2 is 2.12 bits per heavy atom. The van der Waals surface area contributed by atoms with Gasteiger partial charge in [-0.3, -0.25) is 9.59 Å². The van der Waals surface area contributed by atoms with Crippen LogP contribution in [0.1, 0.15) is 18.9 Å². The molecule has 0 bridgehead atoms. The Morgan fingerprint density at radius 1 is 1.47 bits per heavy atom. The van der Waals surface area contributed by atoms with Crippen molar-refractivity contribution >= 4 is 33.5 Å². The summed E-state index contributed by atoms with van der Waals surface area (Å²) in [5, 5.41) is 11.4. The third-order valence-corrected chi connectivity index (χ3v) is 3.32. The number of halogens is 1. The summed E-state index contributed by atoms with van der Waals surface area (Å²) in [6.45, 7) is 3.60. The Hall–Kier alpha value is -1.36. The van der Waals surface area contributed by atoms with Gasteiger partial charge >= 0.3 is 5.97 Å². The van der Waals surface area contributed by atoms with Crippen molar-refractivity contribution in [2.24, 2.45) is 5.92 Å². The fraction of sp³-hybridized carbons (Fsp3) is 0.333. The van der Waals surface area contributed by atoms with Crippen LogP contribution in [0.25, 0.3) is 0 Å². The number of carbonyl (C=O) groups excluding carboxylic acids is 1. The zero-order chi connectivity index (χ0) is 13.0. The number of hydrogen-bond acceptors (Lipinski definition) is 2. The van der Waals surface area contributed by atoms with Crippen LogP contribution in [0.3, 0.4) is 0 Å². The minimum Gasteiger partial charge on any atom is -0.481 e. The Kier molecular flexibility index (Phi) is 4.69. The maximum Gasteiger partial charge on any atom is 0.316 e. The van der Waals surface area contributed by atoms with E-state index in [-0.39, 0.29) is 6.42 Å². The predicted octanol–water partition coefficient (Wildman–Crippen LogP) is 2.81. The number of aryl methyl sites for hydroxylation is 1. The summed E-state index contributed by atoms with van der Waals surface area (Å²) in [7, 11) is 0. The van der Waals surface area contributed by atoms with Gasteiger partial charge in [0.25, 0.3) is 0 Å². The van der Waals surface area contributed by atoms with Gasteiger partial charge in [-0.25, -0.2) is 0 Å². The minimum absolute atomic E-state index is 0.272. The van der Waals surface area contributed by atoms with Gasteiger partial charge in [0, 0.05) is 10.2 Å². The second kappa shape index (κ2) is 5.82.